The van der Waals surface area contributed by atoms with Gasteiger partial charge < -0.3 is 10.4 Å². The Labute approximate surface area is 165 Å². The molecule has 2 heterocycles. The maximum Gasteiger partial charge on any atom is 0.345 e. The van der Waals surface area contributed by atoms with Gasteiger partial charge in [0.2, 0.25) is 0 Å². The summed E-state index contributed by atoms with van der Waals surface area (Å²) in [4.78, 5) is 38.9. The number of aromatic carboxylic acids is 1. The predicted octanol–water partition coefficient (Wildman–Crippen LogP) is 1.69. The number of aromatic nitrogens is 3. The number of carbonyl (C=O) groups is 2. The molecule has 8 heteroatoms. The number of amides is 1. The van der Waals surface area contributed by atoms with E-state index in [0.29, 0.717) is 6.42 Å². The van der Waals surface area contributed by atoms with Crippen LogP contribution >= 0.6 is 0 Å². The average Bonchev–Trinajstić information content (AvgIpc) is 2.74. The molecule has 0 aliphatic rings. The van der Waals surface area contributed by atoms with Gasteiger partial charge in [0.15, 0.2) is 0 Å². The van der Waals surface area contributed by atoms with Gasteiger partial charge in [0.05, 0.1) is 5.56 Å². The lowest BCUT2D eigenvalue weighted by Crippen LogP contribution is -2.37. The van der Waals surface area contributed by atoms with Crippen molar-refractivity contribution in [2.45, 2.75) is 13.0 Å². The van der Waals surface area contributed by atoms with Crippen LogP contribution in [0.25, 0.3) is 0 Å². The third-order valence-electron chi connectivity index (χ3n) is 3.90. The van der Waals surface area contributed by atoms with E-state index in [1.54, 1.807) is 36.7 Å². The molecule has 0 spiro atoms. The summed E-state index contributed by atoms with van der Waals surface area (Å²) in [5.41, 5.74) is 1.59. The highest BCUT2D eigenvalue weighted by Crippen LogP contribution is 2.05. The first kappa shape index (κ1) is 19.5. The van der Waals surface area contributed by atoms with Crippen molar-refractivity contribution in [1.82, 2.24) is 20.1 Å². The molecule has 3 aromatic rings. The minimum atomic E-state index is -0.990. The van der Waals surface area contributed by atoms with Crippen LogP contribution in [0.1, 0.15) is 27.2 Å². The fraction of sp³-hybridized carbons (Fsp3) is 0.0952. The second-order valence-corrected chi connectivity index (χ2v) is 5.96. The minimum Gasteiger partial charge on any atom is -0.478 e. The number of hydrogen-bond acceptors (Lipinski definition) is 5. The Kier molecular flexibility index (Phi) is 6.12. The van der Waals surface area contributed by atoms with Gasteiger partial charge in [-0.3, -0.25) is 9.78 Å². The van der Waals surface area contributed by atoms with Gasteiger partial charge in [-0.15, -0.1) is 4.68 Å². The lowest BCUT2D eigenvalue weighted by atomic mass is 10.1. The number of nitrogens with zero attached hydrogens (tertiary/aromatic N) is 3. The molecule has 0 fully saturated rings. The maximum absolute atomic E-state index is 12.3. The Morgan fingerprint density at radius 2 is 1.72 bits per heavy atom. The Morgan fingerprint density at radius 1 is 1.00 bits per heavy atom. The lowest BCUT2D eigenvalue weighted by Gasteiger charge is -2.06. The highest BCUT2D eigenvalue weighted by atomic mass is 16.4. The van der Waals surface area contributed by atoms with E-state index in [-0.39, 0.29) is 17.8 Å². The highest BCUT2D eigenvalue weighted by molar-refractivity contribution is 5.87. The van der Waals surface area contributed by atoms with Gasteiger partial charge in [-0.2, -0.15) is 5.10 Å². The van der Waals surface area contributed by atoms with Crippen molar-refractivity contribution in [3.8, 4) is 11.8 Å². The highest BCUT2D eigenvalue weighted by Gasteiger charge is 2.08. The Morgan fingerprint density at radius 3 is 2.41 bits per heavy atom. The lowest BCUT2D eigenvalue weighted by molar-refractivity contribution is 0.0697. The predicted molar refractivity (Wildman–Crippen MR) is 104 cm³/mol. The van der Waals surface area contributed by atoms with Crippen molar-refractivity contribution in [2.24, 2.45) is 0 Å². The van der Waals surface area contributed by atoms with Crippen molar-refractivity contribution in [1.29, 1.82) is 0 Å². The average molecular weight is 388 g/mol. The Balaban J connectivity index is 1.67. The third-order valence-corrected chi connectivity index (χ3v) is 3.90. The van der Waals surface area contributed by atoms with Crippen LogP contribution in [0.15, 0.2) is 65.7 Å². The molecule has 0 saturated heterocycles. The maximum atomic E-state index is 12.3. The first-order valence-corrected chi connectivity index (χ1v) is 8.61. The first-order chi connectivity index (χ1) is 14.0. The van der Waals surface area contributed by atoms with Crippen molar-refractivity contribution >= 4 is 12.0 Å². The van der Waals surface area contributed by atoms with Gasteiger partial charge >= 0.3 is 12.0 Å². The quantitative estimate of drug-likeness (QED) is 0.658. The van der Waals surface area contributed by atoms with E-state index >= 15 is 0 Å². The summed E-state index contributed by atoms with van der Waals surface area (Å²) < 4.78 is 0.729. The summed E-state index contributed by atoms with van der Waals surface area (Å²) in [5, 5.41) is 15.5. The zero-order valence-electron chi connectivity index (χ0n) is 15.2. The summed E-state index contributed by atoms with van der Waals surface area (Å²) in [6, 6.07) is 11.9. The standard InChI is InChI=1S/C21H16N4O4/c26-19-9-8-18(3-1-2-15-4-6-17(7-5-15)20(27)28)24-25(19)21(29)23-14-16-10-12-22-13-11-16/h4-13H,2,14H2,(H,23,29)(H,27,28). The van der Waals surface area contributed by atoms with Gasteiger partial charge in [0, 0.05) is 31.4 Å². The Hall–Kier alpha value is -4.25. The molecule has 8 nitrogen and oxygen atoms in total. The van der Waals surface area contributed by atoms with E-state index in [9.17, 15) is 14.4 Å². The zero-order valence-corrected chi connectivity index (χ0v) is 15.2. The zero-order chi connectivity index (χ0) is 20.6. The van der Waals surface area contributed by atoms with Gasteiger partial charge in [-0.1, -0.05) is 18.1 Å². The fourth-order valence-electron chi connectivity index (χ4n) is 2.38. The molecule has 2 N–H and O–H groups in total. The number of carboxylic acid groups (broad SMARTS) is 1. The van der Waals surface area contributed by atoms with Crippen LogP contribution in [0.2, 0.25) is 0 Å². The number of pyridine rings is 1. The molecule has 0 radical (unpaired) electrons. The molecular weight excluding hydrogens is 372 g/mol. The first-order valence-electron chi connectivity index (χ1n) is 8.61. The molecule has 0 aliphatic heterocycles. The number of carboxylic acids is 1. The van der Waals surface area contributed by atoms with Crippen LogP contribution in [0, 0.1) is 11.8 Å². The molecule has 2 aromatic heterocycles. The van der Waals surface area contributed by atoms with E-state index in [1.165, 1.54) is 24.3 Å². The second-order valence-electron chi connectivity index (χ2n) is 5.96. The van der Waals surface area contributed by atoms with Crippen LogP contribution in [-0.4, -0.2) is 31.9 Å². The molecule has 29 heavy (non-hydrogen) atoms. The summed E-state index contributed by atoms with van der Waals surface area (Å²) >= 11 is 0. The molecule has 0 unspecified atom stereocenters. The smallest absolute Gasteiger partial charge is 0.345 e. The van der Waals surface area contributed by atoms with E-state index in [2.05, 4.69) is 27.2 Å². The molecular formula is C21H16N4O4. The van der Waals surface area contributed by atoms with Crippen LogP contribution in [0.3, 0.4) is 0 Å². The molecule has 3 rings (SSSR count). The SMILES string of the molecule is O=C(O)c1ccc(CC#Cc2ccc(=O)n(C(=O)NCc3ccncc3)n2)cc1. The molecule has 0 aliphatic carbocycles. The van der Waals surface area contributed by atoms with Gasteiger partial charge in [-0.05, 0) is 47.4 Å². The monoisotopic (exact) mass is 388 g/mol. The molecule has 1 aromatic carbocycles. The van der Waals surface area contributed by atoms with E-state index in [1.807, 2.05) is 0 Å². The Bertz CT molecular complexity index is 1140. The van der Waals surface area contributed by atoms with Gasteiger partial charge in [-0.25, -0.2) is 9.59 Å². The second kappa shape index (κ2) is 9.10. The van der Waals surface area contributed by atoms with E-state index in [0.717, 1.165) is 15.8 Å². The normalized spacial score (nSPS) is 9.93. The number of hydrogen-bond donors (Lipinski definition) is 2. The summed E-state index contributed by atoms with van der Waals surface area (Å²) in [5.74, 6) is 4.71. The summed E-state index contributed by atoms with van der Waals surface area (Å²) in [7, 11) is 0. The van der Waals surface area contributed by atoms with Crippen LogP contribution < -0.4 is 10.9 Å². The number of rotatable bonds is 4. The van der Waals surface area contributed by atoms with Crippen molar-refractivity contribution < 1.29 is 14.7 Å². The number of benzene rings is 1. The molecule has 0 bridgehead atoms. The van der Waals surface area contributed by atoms with Crippen molar-refractivity contribution in [3.63, 3.8) is 0 Å². The number of nitrogens with one attached hydrogen (secondary N) is 1. The molecule has 0 saturated carbocycles. The third kappa shape index (κ3) is 5.37. The van der Waals surface area contributed by atoms with Crippen LogP contribution in [0.5, 0.6) is 0 Å². The fourth-order valence-corrected chi connectivity index (χ4v) is 2.38. The van der Waals surface area contributed by atoms with E-state index in [4.69, 9.17) is 5.11 Å². The largest absolute Gasteiger partial charge is 0.478 e. The van der Waals surface area contributed by atoms with Crippen LogP contribution in [0.4, 0.5) is 4.79 Å². The molecule has 1 amide bonds. The summed E-state index contributed by atoms with van der Waals surface area (Å²) in [6.07, 6.45) is 3.59. The van der Waals surface area contributed by atoms with Crippen molar-refractivity contribution in [2.75, 3.05) is 0 Å². The topological polar surface area (TPSA) is 114 Å². The minimum absolute atomic E-state index is 0.202. The summed E-state index contributed by atoms with van der Waals surface area (Å²) in [6.45, 7) is 0.234. The molecule has 144 valence electrons. The van der Waals surface area contributed by atoms with Gasteiger partial charge in [0.1, 0.15) is 5.69 Å². The molecule has 0 atom stereocenters. The van der Waals surface area contributed by atoms with E-state index < -0.39 is 17.6 Å². The number of carbonyl (C=O) groups excluding carboxylic acids is 1. The van der Waals surface area contributed by atoms with Gasteiger partial charge in [0.25, 0.3) is 5.56 Å². The van der Waals surface area contributed by atoms with Crippen LogP contribution in [-0.2, 0) is 13.0 Å². The van der Waals surface area contributed by atoms with Crippen molar-refractivity contribution in [3.05, 3.63) is 93.7 Å².